The molecule has 0 saturated heterocycles. The number of guanidine groups is 1. The molecule has 2 rings (SSSR count). The summed E-state index contributed by atoms with van der Waals surface area (Å²) in [6, 6.07) is 8.97. The number of rotatable bonds is 5. The van der Waals surface area contributed by atoms with E-state index in [0.717, 1.165) is 16.9 Å². The minimum absolute atomic E-state index is 0. The second-order valence-corrected chi connectivity index (χ2v) is 5.03. The van der Waals surface area contributed by atoms with Crippen LogP contribution in [0.3, 0.4) is 0 Å². The zero-order chi connectivity index (χ0) is 16.7. The van der Waals surface area contributed by atoms with E-state index < -0.39 is 0 Å². The standard InChI is InChI=1S/C17H21FN4O.HI/c1-12-6-7-13(16(9-12)23-3)10-21-17(19-2)22-11-15-14(18)5-4-8-20-15;/h4-9H,10-11H2,1-3H3,(H2,19,21,22);1H. The van der Waals surface area contributed by atoms with Crippen LogP contribution in [0.5, 0.6) is 5.75 Å². The van der Waals surface area contributed by atoms with E-state index in [2.05, 4.69) is 20.6 Å². The van der Waals surface area contributed by atoms with Crippen molar-refractivity contribution in [2.45, 2.75) is 20.0 Å². The lowest BCUT2D eigenvalue weighted by atomic mass is 10.1. The van der Waals surface area contributed by atoms with Gasteiger partial charge in [-0.25, -0.2) is 4.39 Å². The zero-order valence-corrected chi connectivity index (χ0v) is 16.3. The fourth-order valence-electron chi connectivity index (χ4n) is 2.11. The SMILES string of the molecule is CN=C(NCc1ccc(C)cc1OC)NCc1ncccc1F.I. The highest BCUT2D eigenvalue weighted by molar-refractivity contribution is 14.0. The highest BCUT2D eigenvalue weighted by Crippen LogP contribution is 2.19. The van der Waals surface area contributed by atoms with Crippen molar-refractivity contribution in [2.75, 3.05) is 14.2 Å². The molecule has 0 radical (unpaired) electrons. The number of aliphatic imine (C=N–C) groups is 1. The average molecular weight is 444 g/mol. The Labute approximate surface area is 158 Å². The maximum atomic E-state index is 13.6. The van der Waals surface area contributed by atoms with Crippen LogP contribution >= 0.6 is 24.0 Å². The molecule has 0 atom stereocenters. The number of aryl methyl sites for hydroxylation is 1. The van der Waals surface area contributed by atoms with Crippen molar-refractivity contribution in [3.63, 3.8) is 0 Å². The van der Waals surface area contributed by atoms with Crippen LogP contribution in [-0.2, 0) is 13.1 Å². The van der Waals surface area contributed by atoms with Crippen LogP contribution in [0.1, 0.15) is 16.8 Å². The second-order valence-electron chi connectivity index (χ2n) is 5.03. The summed E-state index contributed by atoms with van der Waals surface area (Å²) in [5.74, 6) is 1.05. The number of pyridine rings is 1. The number of benzene rings is 1. The Hall–Kier alpha value is -1.90. The topological polar surface area (TPSA) is 58.5 Å². The first kappa shape index (κ1) is 20.1. The normalized spacial score (nSPS) is 10.8. The van der Waals surface area contributed by atoms with Crippen LogP contribution in [-0.4, -0.2) is 25.1 Å². The molecule has 5 nitrogen and oxygen atoms in total. The maximum Gasteiger partial charge on any atom is 0.191 e. The minimum atomic E-state index is -0.337. The van der Waals surface area contributed by atoms with Crippen molar-refractivity contribution in [2.24, 2.45) is 4.99 Å². The Balaban J connectivity index is 0.00000288. The molecule has 24 heavy (non-hydrogen) atoms. The monoisotopic (exact) mass is 444 g/mol. The third-order valence-corrected chi connectivity index (χ3v) is 3.37. The summed E-state index contributed by atoms with van der Waals surface area (Å²) < 4.78 is 18.9. The van der Waals surface area contributed by atoms with Crippen LogP contribution < -0.4 is 15.4 Å². The molecule has 0 bridgehead atoms. The van der Waals surface area contributed by atoms with Crippen molar-refractivity contribution < 1.29 is 9.13 Å². The first-order valence-electron chi connectivity index (χ1n) is 7.31. The number of methoxy groups -OCH3 is 1. The number of aromatic nitrogens is 1. The average Bonchev–Trinajstić information content (AvgIpc) is 2.57. The largest absolute Gasteiger partial charge is 0.496 e. The second kappa shape index (κ2) is 10.1. The number of hydrogen-bond acceptors (Lipinski definition) is 3. The van der Waals surface area contributed by atoms with Gasteiger partial charge >= 0.3 is 0 Å². The van der Waals surface area contributed by atoms with Gasteiger partial charge in [0.15, 0.2) is 5.96 Å². The summed E-state index contributed by atoms with van der Waals surface area (Å²) >= 11 is 0. The van der Waals surface area contributed by atoms with E-state index in [1.807, 2.05) is 25.1 Å². The highest BCUT2D eigenvalue weighted by atomic mass is 127. The van der Waals surface area contributed by atoms with Gasteiger partial charge in [-0.3, -0.25) is 9.98 Å². The molecule has 0 unspecified atom stereocenters. The van der Waals surface area contributed by atoms with Gasteiger partial charge < -0.3 is 15.4 Å². The number of nitrogens with zero attached hydrogens (tertiary/aromatic N) is 2. The summed E-state index contributed by atoms with van der Waals surface area (Å²) in [4.78, 5) is 8.12. The van der Waals surface area contributed by atoms with E-state index in [1.165, 1.54) is 6.07 Å². The molecule has 0 aliphatic heterocycles. The van der Waals surface area contributed by atoms with Gasteiger partial charge in [0.05, 0.1) is 19.3 Å². The van der Waals surface area contributed by atoms with Gasteiger partial charge in [0.25, 0.3) is 0 Å². The van der Waals surface area contributed by atoms with Crippen LogP contribution in [0.25, 0.3) is 0 Å². The van der Waals surface area contributed by atoms with E-state index in [0.29, 0.717) is 18.2 Å². The van der Waals surface area contributed by atoms with Crippen molar-refractivity contribution in [3.05, 3.63) is 59.2 Å². The molecule has 1 heterocycles. The Bertz CT molecular complexity index is 694. The van der Waals surface area contributed by atoms with Gasteiger partial charge in [-0.15, -0.1) is 24.0 Å². The van der Waals surface area contributed by atoms with E-state index in [4.69, 9.17) is 4.74 Å². The summed E-state index contributed by atoms with van der Waals surface area (Å²) in [5.41, 5.74) is 2.51. The molecule has 0 amide bonds. The number of ether oxygens (including phenoxy) is 1. The van der Waals surface area contributed by atoms with Crippen molar-refractivity contribution in [3.8, 4) is 5.75 Å². The van der Waals surface area contributed by atoms with E-state index >= 15 is 0 Å². The lowest BCUT2D eigenvalue weighted by Gasteiger charge is -2.14. The predicted octanol–water partition coefficient (Wildman–Crippen LogP) is 3.02. The molecule has 0 fully saturated rings. The highest BCUT2D eigenvalue weighted by Gasteiger charge is 2.06. The molecule has 0 saturated carbocycles. The van der Waals surface area contributed by atoms with Crippen molar-refractivity contribution in [1.82, 2.24) is 15.6 Å². The Morgan fingerprint density at radius 1 is 1.25 bits per heavy atom. The van der Waals surface area contributed by atoms with Crippen LogP contribution in [0, 0.1) is 12.7 Å². The Morgan fingerprint density at radius 3 is 2.67 bits per heavy atom. The van der Waals surface area contributed by atoms with E-state index in [1.54, 1.807) is 26.4 Å². The smallest absolute Gasteiger partial charge is 0.191 e. The van der Waals surface area contributed by atoms with Gasteiger partial charge in [0, 0.05) is 25.4 Å². The third kappa shape index (κ3) is 5.63. The van der Waals surface area contributed by atoms with Crippen molar-refractivity contribution >= 4 is 29.9 Å². The van der Waals surface area contributed by atoms with Crippen LogP contribution in [0.4, 0.5) is 4.39 Å². The maximum absolute atomic E-state index is 13.6. The molecule has 1 aromatic heterocycles. The summed E-state index contributed by atoms with van der Waals surface area (Å²) in [6.07, 6.45) is 1.56. The van der Waals surface area contributed by atoms with Gasteiger partial charge in [0.1, 0.15) is 11.6 Å². The number of halogens is 2. The van der Waals surface area contributed by atoms with E-state index in [9.17, 15) is 4.39 Å². The van der Waals surface area contributed by atoms with Gasteiger partial charge in [-0.1, -0.05) is 12.1 Å². The molecule has 0 aliphatic rings. The van der Waals surface area contributed by atoms with Gasteiger partial charge in [0.2, 0.25) is 0 Å². The van der Waals surface area contributed by atoms with E-state index in [-0.39, 0.29) is 36.3 Å². The lowest BCUT2D eigenvalue weighted by molar-refractivity contribution is 0.408. The van der Waals surface area contributed by atoms with Gasteiger partial charge in [-0.05, 0) is 30.7 Å². The Kier molecular flexibility index (Phi) is 8.45. The molecular formula is C17H22FIN4O. The molecule has 1 aromatic carbocycles. The van der Waals surface area contributed by atoms with Crippen LogP contribution in [0.2, 0.25) is 0 Å². The number of nitrogens with one attached hydrogen (secondary N) is 2. The molecular weight excluding hydrogens is 422 g/mol. The zero-order valence-electron chi connectivity index (χ0n) is 14.0. The first-order chi connectivity index (χ1) is 11.1. The van der Waals surface area contributed by atoms with Gasteiger partial charge in [-0.2, -0.15) is 0 Å². The van der Waals surface area contributed by atoms with Crippen LogP contribution in [0.15, 0.2) is 41.5 Å². The summed E-state index contributed by atoms with van der Waals surface area (Å²) in [7, 11) is 3.31. The summed E-state index contributed by atoms with van der Waals surface area (Å²) in [6.45, 7) is 2.83. The third-order valence-electron chi connectivity index (χ3n) is 3.37. The molecule has 0 aliphatic carbocycles. The number of hydrogen-bond donors (Lipinski definition) is 2. The predicted molar refractivity (Wildman–Crippen MR) is 104 cm³/mol. The molecule has 7 heteroatoms. The Morgan fingerprint density at radius 2 is 2.00 bits per heavy atom. The molecule has 2 aromatic rings. The minimum Gasteiger partial charge on any atom is -0.496 e. The quantitative estimate of drug-likeness (QED) is 0.423. The van der Waals surface area contributed by atoms with Crippen molar-refractivity contribution in [1.29, 1.82) is 0 Å². The summed E-state index contributed by atoms with van der Waals surface area (Å²) in [5, 5.41) is 6.22. The first-order valence-corrected chi connectivity index (χ1v) is 7.31. The fourth-order valence-corrected chi connectivity index (χ4v) is 2.11. The molecule has 0 spiro atoms. The fraction of sp³-hybridized carbons (Fsp3) is 0.294. The molecule has 130 valence electrons. The lowest BCUT2D eigenvalue weighted by Crippen LogP contribution is -2.36. The molecule has 2 N–H and O–H groups in total.